The Kier molecular flexibility index (Phi) is 3.96. The number of rotatable bonds is 3. The molecule has 0 rings (SSSR count). The summed E-state index contributed by atoms with van der Waals surface area (Å²) in [5.41, 5.74) is 0.968. The minimum absolute atomic E-state index is 0.0453. The number of hydrogen-bond donors (Lipinski definition) is 0. The number of carbonyl (C=O) groups is 1. The number of ether oxygens (including phenoxy) is 1. The molecule has 0 fully saturated rings. The summed E-state index contributed by atoms with van der Waals surface area (Å²) in [4.78, 5) is 10.5. The van der Waals surface area contributed by atoms with Crippen LogP contribution in [0.25, 0.3) is 0 Å². The normalized spacial score (nSPS) is 15.0. The number of ketones is 1. The lowest BCUT2D eigenvalue weighted by Crippen LogP contribution is -2.07. The van der Waals surface area contributed by atoms with Crippen LogP contribution in [0.3, 0.4) is 0 Å². The molecule has 0 heterocycles. The molecule has 0 bridgehead atoms. The zero-order valence-corrected chi connectivity index (χ0v) is 6.97. The third kappa shape index (κ3) is 3.41. The number of methoxy groups -OCH3 is 1. The maximum Gasteiger partial charge on any atom is 0.152 e. The van der Waals surface area contributed by atoms with Gasteiger partial charge in [0, 0.05) is 7.11 Å². The zero-order valence-electron chi connectivity index (χ0n) is 6.97. The van der Waals surface area contributed by atoms with Gasteiger partial charge in [-0.2, -0.15) is 0 Å². The second-order valence-corrected chi connectivity index (χ2v) is 2.38. The molecule has 0 aliphatic carbocycles. The second-order valence-electron chi connectivity index (χ2n) is 2.38. The summed E-state index contributed by atoms with van der Waals surface area (Å²) in [7, 11) is 1.63. The van der Waals surface area contributed by atoms with E-state index in [9.17, 15) is 4.79 Å². The van der Waals surface area contributed by atoms with E-state index in [-0.39, 0.29) is 11.9 Å². The topological polar surface area (TPSA) is 26.3 Å². The lowest BCUT2D eigenvalue weighted by molar-refractivity contribution is -0.112. The summed E-state index contributed by atoms with van der Waals surface area (Å²) >= 11 is 0. The van der Waals surface area contributed by atoms with Crippen molar-refractivity contribution in [1.29, 1.82) is 0 Å². The van der Waals surface area contributed by atoms with E-state index < -0.39 is 0 Å². The maximum absolute atomic E-state index is 10.5. The van der Waals surface area contributed by atoms with Crippen molar-refractivity contribution in [3.63, 3.8) is 0 Å². The quantitative estimate of drug-likeness (QED) is 0.559. The van der Waals surface area contributed by atoms with E-state index >= 15 is 0 Å². The van der Waals surface area contributed by atoms with Gasteiger partial charge in [0.15, 0.2) is 5.78 Å². The van der Waals surface area contributed by atoms with Crippen LogP contribution in [-0.4, -0.2) is 19.0 Å². The molecule has 0 saturated carbocycles. The molecule has 0 N–H and O–H groups in total. The van der Waals surface area contributed by atoms with E-state index in [4.69, 9.17) is 4.74 Å². The van der Waals surface area contributed by atoms with Crippen molar-refractivity contribution in [2.75, 3.05) is 7.11 Å². The van der Waals surface area contributed by atoms with Crippen molar-refractivity contribution >= 4 is 5.78 Å². The molecule has 1 atom stereocenters. The van der Waals surface area contributed by atoms with Crippen LogP contribution in [0.1, 0.15) is 20.8 Å². The van der Waals surface area contributed by atoms with E-state index in [1.807, 2.05) is 13.8 Å². The Morgan fingerprint density at radius 2 is 2.00 bits per heavy atom. The van der Waals surface area contributed by atoms with Gasteiger partial charge in [-0.1, -0.05) is 0 Å². The highest BCUT2D eigenvalue weighted by molar-refractivity contribution is 5.87. The third-order valence-electron chi connectivity index (χ3n) is 1.43. The lowest BCUT2D eigenvalue weighted by atomic mass is 10.1. The van der Waals surface area contributed by atoms with Crippen LogP contribution in [-0.2, 0) is 9.53 Å². The van der Waals surface area contributed by atoms with E-state index in [2.05, 4.69) is 0 Å². The van der Waals surface area contributed by atoms with Gasteiger partial charge in [0.05, 0.1) is 6.10 Å². The van der Waals surface area contributed by atoms with Crippen molar-refractivity contribution in [2.24, 2.45) is 0 Å². The summed E-state index contributed by atoms with van der Waals surface area (Å²) in [6.07, 6.45) is 1.64. The second kappa shape index (κ2) is 4.23. The molecule has 0 spiro atoms. The van der Waals surface area contributed by atoms with E-state index in [0.717, 1.165) is 5.57 Å². The van der Waals surface area contributed by atoms with Gasteiger partial charge in [0.1, 0.15) is 0 Å². The molecular formula is C8H14O2. The first-order valence-corrected chi connectivity index (χ1v) is 3.29. The molecule has 0 aromatic rings. The van der Waals surface area contributed by atoms with Gasteiger partial charge in [0.2, 0.25) is 0 Å². The van der Waals surface area contributed by atoms with Crippen molar-refractivity contribution < 1.29 is 9.53 Å². The van der Waals surface area contributed by atoms with Gasteiger partial charge in [0.25, 0.3) is 0 Å². The minimum atomic E-state index is 0.0453. The van der Waals surface area contributed by atoms with Crippen LogP contribution in [0.2, 0.25) is 0 Å². The van der Waals surface area contributed by atoms with Crippen molar-refractivity contribution in [2.45, 2.75) is 26.9 Å². The predicted molar refractivity (Wildman–Crippen MR) is 40.9 cm³/mol. The monoisotopic (exact) mass is 142 g/mol. The zero-order chi connectivity index (χ0) is 8.15. The largest absolute Gasteiger partial charge is 0.377 e. The molecular weight excluding hydrogens is 128 g/mol. The highest BCUT2D eigenvalue weighted by Gasteiger charge is 2.01. The van der Waals surface area contributed by atoms with E-state index in [1.54, 1.807) is 13.2 Å². The Labute approximate surface area is 61.9 Å². The summed E-state index contributed by atoms with van der Waals surface area (Å²) in [6.45, 7) is 5.33. The third-order valence-corrected chi connectivity index (χ3v) is 1.43. The van der Waals surface area contributed by atoms with Gasteiger partial charge in [-0.15, -0.1) is 0 Å². The highest BCUT2D eigenvalue weighted by atomic mass is 16.5. The van der Waals surface area contributed by atoms with Gasteiger partial charge in [-0.25, -0.2) is 0 Å². The van der Waals surface area contributed by atoms with Crippen LogP contribution in [0.4, 0.5) is 0 Å². The molecule has 2 nitrogen and oxygen atoms in total. The molecule has 2 heteroatoms. The fourth-order valence-corrected chi connectivity index (χ4v) is 0.624. The van der Waals surface area contributed by atoms with E-state index in [1.165, 1.54) is 6.92 Å². The molecule has 58 valence electrons. The smallest absolute Gasteiger partial charge is 0.152 e. The van der Waals surface area contributed by atoms with Crippen molar-refractivity contribution in [3.05, 3.63) is 11.6 Å². The van der Waals surface area contributed by atoms with Gasteiger partial charge in [-0.05, 0) is 32.4 Å². The van der Waals surface area contributed by atoms with Crippen LogP contribution in [0.15, 0.2) is 11.6 Å². The SMILES string of the molecule is COC(C)C(C)=CC(C)=O. The van der Waals surface area contributed by atoms with Crippen molar-refractivity contribution in [3.8, 4) is 0 Å². The fourth-order valence-electron chi connectivity index (χ4n) is 0.624. The number of hydrogen-bond acceptors (Lipinski definition) is 2. The average Bonchev–Trinajstić information content (AvgIpc) is 1.85. The molecule has 0 aliphatic heterocycles. The summed E-state index contributed by atoms with van der Waals surface area (Å²) in [5.74, 6) is 0.0707. The minimum Gasteiger partial charge on any atom is -0.377 e. The molecule has 0 amide bonds. The Bertz CT molecular complexity index is 147. The first kappa shape index (κ1) is 9.37. The van der Waals surface area contributed by atoms with Crippen LogP contribution in [0.5, 0.6) is 0 Å². The molecule has 10 heavy (non-hydrogen) atoms. The van der Waals surface area contributed by atoms with Crippen LogP contribution in [0, 0.1) is 0 Å². The molecule has 0 aliphatic rings. The lowest BCUT2D eigenvalue weighted by Gasteiger charge is -2.08. The fraction of sp³-hybridized carbons (Fsp3) is 0.625. The summed E-state index contributed by atoms with van der Waals surface area (Å²) < 4.78 is 4.99. The predicted octanol–water partition coefficient (Wildman–Crippen LogP) is 1.56. The maximum atomic E-state index is 10.5. The standard InChI is InChI=1S/C8H14O2/c1-6(5-7(2)9)8(3)10-4/h5,8H,1-4H3. The molecule has 0 aromatic carbocycles. The van der Waals surface area contributed by atoms with Gasteiger partial charge < -0.3 is 4.74 Å². The first-order valence-electron chi connectivity index (χ1n) is 3.29. The summed E-state index contributed by atoms with van der Waals surface area (Å²) in [6, 6.07) is 0. The van der Waals surface area contributed by atoms with E-state index in [0.29, 0.717) is 0 Å². The van der Waals surface area contributed by atoms with Gasteiger partial charge in [-0.3, -0.25) is 4.79 Å². The number of carbonyl (C=O) groups excluding carboxylic acids is 1. The Balaban J connectivity index is 4.04. The van der Waals surface area contributed by atoms with Crippen LogP contribution < -0.4 is 0 Å². The Hall–Kier alpha value is -0.630. The van der Waals surface area contributed by atoms with Crippen molar-refractivity contribution in [1.82, 2.24) is 0 Å². The molecule has 0 radical (unpaired) electrons. The molecule has 1 unspecified atom stereocenters. The highest BCUT2D eigenvalue weighted by Crippen LogP contribution is 2.03. The number of allylic oxidation sites excluding steroid dienone is 1. The molecule has 0 saturated heterocycles. The van der Waals surface area contributed by atoms with Gasteiger partial charge >= 0.3 is 0 Å². The Morgan fingerprint density at radius 1 is 1.50 bits per heavy atom. The average molecular weight is 142 g/mol. The Morgan fingerprint density at radius 3 is 2.30 bits per heavy atom. The first-order chi connectivity index (χ1) is 4.57. The van der Waals surface area contributed by atoms with Crippen LogP contribution >= 0.6 is 0 Å². The summed E-state index contributed by atoms with van der Waals surface area (Å²) in [5, 5.41) is 0. The molecule has 0 aromatic heterocycles.